The normalized spacial score (nSPS) is 14.0. The number of unbranched alkanes of at least 4 members (excludes halogenated alkanes) is 11. The second kappa shape index (κ2) is 13.6. The molecule has 0 aliphatic rings. The zero-order chi connectivity index (χ0) is 16.0. The maximum atomic E-state index is 11.1. The lowest BCUT2D eigenvalue weighted by Crippen LogP contribution is -2.30. The molecule has 0 aliphatic carbocycles. The van der Waals surface area contributed by atoms with Gasteiger partial charge in [-0.15, -0.1) is 0 Å². The summed E-state index contributed by atoms with van der Waals surface area (Å²) in [5, 5.41) is 9.16. The van der Waals surface area contributed by atoms with Gasteiger partial charge in [0.25, 0.3) is 0 Å². The first-order valence-corrected chi connectivity index (χ1v) is 9.78. The highest BCUT2D eigenvalue weighted by Crippen LogP contribution is 2.29. The van der Waals surface area contributed by atoms with Crippen LogP contribution in [0.3, 0.4) is 0 Å². The minimum absolute atomic E-state index is 0.653. The summed E-state index contributed by atoms with van der Waals surface area (Å²) in [6.45, 7) is 4.19. The third-order valence-corrected chi connectivity index (χ3v) is 5.67. The van der Waals surface area contributed by atoms with Crippen LogP contribution in [0.2, 0.25) is 0 Å². The Bertz CT molecular complexity index is 256. The van der Waals surface area contributed by atoms with Crippen molar-refractivity contribution >= 4 is 21.9 Å². The van der Waals surface area contributed by atoms with Crippen LogP contribution in [-0.4, -0.2) is 15.4 Å². The number of carbonyl (C=O) groups is 1. The first kappa shape index (κ1) is 20.9. The number of hydrogen-bond acceptors (Lipinski definition) is 1. The Balaban J connectivity index is 3.31. The Morgan fingerprint density at radius 3 is 1.52 bits per heavy atom. The molecule has 0 amide bonds. The number of carboxylic acids is 1. The molecular weight excluding hydrogens is 328 g/mol. The van der Waals surface area contributed by atoms with Crippen molar-refractivity contribution in [3.05, 3.63) is 0 Å². The summed E-state index contributed by atoms with van der Waals surface area (Å²) in [6.07, 6.45) is 17.2. The van der Waals surface area contributed by atoms with E-state index >= 15 is 0 Å². The van der Waals surface area contributed by atoms with E-state index in [0.29, 0.717) is 6.42 Å². The van der Waals surface area contributed by atoms with E-state index < -0.39 is 10.3 Å². The van der Waals surface area contributed by atoms with Gasteiger partial charge < -0.3 is 5.11 Å². The molecule has 0 fully saturated rings. The molecule has 0 bridgehead atoms. The van der Waals surface area contributed by atoms with Gasteiger partial charge in [-0.2, -0.15) is 0 Å². The molecule has 0 radical (unpaired) electrons. The quantitative estimate of drug-likeness (QED) is 0.259. The van der Waals surface area contributed by atoms with Crippen LogP contribution in [-0.2, 0) is 4.79 Å². The van der Waals surface area contributed by atoms with Crippen molar-refractivity contribution in [1.82, 2.24) is 0 Å². The Labute approximate surface area is 140 Å². The lowest BCUT2D eigenvalue weighted by molar-refractivity contribution is -0.139. The van der Waals surface area contributed by atoms with Crippen molar-refractivity contribution in [1.29, 1.82) is 0 Å². The highest BCUT2D eigenvalue weighted by Gasteiger charge is 2.32. The third kappa shape index (κ3) is 11.2. The minimum atomic E-state index is -0.715. The molecule has 0 saturated carbocycles. The molecule has 126 valence electrons. The molecule has 0 spiro atoms. The molecule has 0 aromatic carbocycles. The van der Waals surface area contributed by atoms with E-state index in [1.807, 2.05) is 6.92 Å². The van der Waals surface area contributed by atoms with E-state index in [9.17, 15) is 4.79 Å². The standard InChI is InChI=1S/C18H35BrO2/c1-3-5-6-7-8-9-10-11-12-13-14-15-16-18(19,4-2)17(20)21/h3-16H2,1-2H3,(H,20,21). The smallest absolute Gasteiger partial charge is 0.320 e. The average molecular weight is 363 g/mol. The number of halogens is 1. The van der Waals surface area contributed by atoms with Crippen LogP contribution >= 0.6 is 15.9 Å². The van der Waals surface area contributed by atoms with E-state index in [-0.39, 0.29) is 0 Å². The van der Waals surface area contributed by atoms with Crippen LogP contribution in [0.1, 0.15) is 104 Å². The molecule has 0 aromatic rings. The summed E-state index contributed by atoms with van der Waals surface area (Å²) in [6, 6.07) is 0. The number of aliphatic carboxylic acids is 1. The molecule has 1 atom stereocenters. The molecule has 21 heavy (non-hydrogen) atoms. The number of rotatable bonds is 15. The second-order valence-corrected chi connectivity index (χ2v) is 7.78. The highest BCUT2D eigenvalue weighted by molar-refractivity contribution is 9.10. The summed E-state index contributed by atoms with van der Waals surface area (Å²) in [5.41, 5.74) is 0. The van der Waals surface area contributed by atoms with Crippen molar-refractivity contribution in [2.45, 2.75) is 108 Å². The van der Waals surface area contributed by atoms with Gasteiger partial charge >= 0.3 is 5.97 Å². The molecular formula is C18H35BrO2. The van der Waals surface area contributed by atoms with Crippen LogP contribution in [0.15, 0.2) is 0 Å². The van der Waals surface area contributed by atoms with Gasteiger partial charge in [0.15, 0.2) is 0 Å². The molecule has 0 rings (SSSR count). The molecule has 3 heteroatoms. The van der Waals surface area contributed by atoms with Gasteiger partial charge in [-0.3, -0.25) is 4.79 Å². The fourth-order valence-corrected chi connectivity index (χ4v) is 2.96. The van der Waals surface area contributed by atoms with Gasteiger partial charge in [-0.05, 0) is 12.8 Å². The Morgan fingerprint density at radius 2 is 1.19 bits per heavy atom. The maximum Gasteiger partial charge on any atom is 0.320 e. The van der Waals surface area contributed by atoms with Crippen molar-refractivity contribution in [3.8, 4) is 0 Å². The first-order chi connectivity index (χ1) is 10.1. The summed E-state index contributed by atoms with van der Waals surface area (Å²) >= 11 is 3.38. The second-order valence-electron chi connectivity index (χ2n) is 6.26. The van der Waals surface area contributed by atoms with Crippen LogP contribution in [0, 0.1) is 0 Å². The van der Waals surface area contributed by atoms with E-state index in [1.165, 1.54) is 64.2 Å². The summed E-state index contributed by atoms with van der Waals surface area (Å²) in [5.74, 6) is -0.715. The van der Waals surface area contributed by atoms with Crippen LogP contribution in [0.25, 0.3) is 0 Å². The minimum Gasteiger partial charge on any atom is -0.480 e. The summed E-state index contributed by atoms with van der Waals surface area (Å²) in [4.78, 5) is 11.1. The molecule has 0 saturated heterocycles. The number of hydrogen-bond donors (Lipinski definition) is 1. The predicted molar refractivity (Wildman–Crippen MR) is 95.3 cm³/mol. The zero-order valence-electron chi connectivity index (χ0n) is 14.1. The van der Waals surface area contributed by atoms with Gasteiger partial charge in [-0.1, -0.05) is 107 Å². The third-order valence-electron chi connectivity index (χ3n) is 4.37. The van der Waals surface area contributed by atoms with Gasteiger partial charge in [0.1, 0.15) is 4.32 Å². The molecule has 1 unspecified atom stereocenters. The topological polar surface area (TPSA) is 37.3 Å². The summed E-state index contributed by atoms with van der Waals surface area (Å²) < 4.78 is -0.689. The lowest BCUT2D eigenvalue weighted by atomic mass is 9.97. The van der Waals surface area contributed by atoms with Crippen LogP contribution < -0.4 is 0 Å². The van der Waals surface area contributed by atoms with E-state index in [0.717, 1.165) is 19.3 Å². The van der Waals surface area contributed by atoms with Crippen molar-refractivity contribution in [2.75, 3.05) is 0 Å². The van der Waals surface area contributed by atoms with Gasteiger partial charge in [0, 0.05) is 0 Å². The van der Waals surface area contributed by atoms with Gasteiger partial charge in [-0.25, -0.2) is 0 Å². The SMILES string of the molecule is CCCCCCCCCCCCCCC(Br)(CC)C(=O)O. The maximum absolute atomic E-state index is 11.1. The Kier molecular flexibility index (Phi) is 13.6. The van der Waals surface area contributed by atoms with E-state index in [2.05, 4.69) is 22.9 Å². The fraction of sp³-hybridized carbons (Fsp3) is 0.944. The monoisotopic (exact) mass is 362 g/mol. The number of carboxylic acid groups (broad SMARTS) is 1. The van der Waals surface area contributed by atoms with Gasteiger partial charge in [0.2, 0.25) is 0 Å². The zero-order valence-corrected chi connectivity index (χ0v) is 15.7. The predicted octanol–water partition coefficient (Wildman–Crippen LogP) is 6.71. The van der Waals surface area contributed by atoms with E-state index in [4.69, 9.17) is 5.11 Å². The number of alkyl halides is 1. The molecule has 0 heterocycles. The summed E-state index contributed by atoms with van der Waals surface area (Å²) in [7, 11) is 0. The van der Waals surface area contributed by atoms with Crippen molar-refractivity contribution in [3.63, 3.8) is 0 Å². The van der Waals surface area contributed by atoms with Crippen molar-refractivity contribution < 1.29 is 9.90 Å². The Morgan fingerprint density at radius 1 is 0.810 bits per heavy atom. The largest absolute Gasteiger partial charge is 0.480 e. The van der Waals surface area contributed by atoms with Crippen LogP contribution in [0.5, 0.6) is 0 Å². The molecule has 2 nitrogen and oxygen atoms in total. The average Bonchev–Trinajstić information content (AvgIpc) is 2.47. The molecule has 1 N–H and O–H groups in total. The fourth-order valence-electron chi connectivity index (χ4n) is 2.68. The lowest BCUT2D eigenvalue weighted by Gasteiger charge is -2.20. The van der Waals surface area contributed by atoms with Gasteiger partial charge in [0.05, 0.1) is 0 Å². The Hall–Kier alpha value is -0.0500. The molecule has 0 aliphatic heterocycles. The molecule has 0 aromatic heterocycles. The highest BCUT2D eigenvalue weighted by atomic mass is 79.9. The van der Waals surface area contributed by atoms with Crippen molar-refractivity contribution in [2.24, 2.45) is 0 Å². The first-order valence-electron chi connectivity index (χ1n) is 8.99. The van der Waals surface area contributed by atoms with E-state index in [1.54, 1.807) is 0 Å². The van der Waals surface area contributed by atoms with Crippen LogP contribution in [0.4, 0.5) is 0 Å².